The smallest absolute Gasteiger partial charge is 0.129 e. The molecule has 2 heterocycles. The first-order chi connectivity index (χ1) is 7.25. The predicted octanol–water partition coefficient (Wildman–Crippen LogP) is 2.75. The first-order valence-electron chi connectivity index (χ1n) is 4.51. The second-order valence-corrected chi connectivity index (χ2v) is 4.08. The first-order valence-corrected chi connectivity index (χ1v) is 5.30. The van der Waals surface area contributed by atoms with Gasteiger partial charge >= 0.3 is 0 Å². The fourth-order valence-electron chi connectivity index (χ4n) is 1.23. The Morgan fingerprint density at radius 2 is 2.40 bits per heavy atom. The van der Waals surface area contributed by atoms with Gasteiger partial charge in [-0.05, 0) is 34.5 Å². The van der Waals surface area contributed by atoms with Crippen LogP contribution in [0.15, 0.2) is 33.6 Å². The van der Waals surface area contributed by atoms with E-state index < -0.39 is 0 Å². The molecule has 2 aromatic rings. The van der Waals surface area contributed by atoms with E-state index in [-0.39, 0.29) is 0 Å². The summed E-state index contributed by atoms with van der Waals surface area (Å²) in [5, 5.41) is 6.99. The van der Waals surface area contributed by atoms with E-state index in [2.05, 4.69) is 31.4 Å². The molecular formula is C10H10BrN3O. The highest BCUT2D eigenvalue weighted by Gasteiger charge is 2.01. The Morgan fingerprint density at radius 1 is 1.53 bits per heavy atom. The van der Waals surface area contributed by atoms with E-state index >= 15 is 0 Å². The van der Waals surface area contributed by atoms with Crippen molar-refractivity contribution in [3.63, 3.8) is 0 Å². The van der Waals surface area contributed by atoms with Crippen molar-refractivity contribution in [2.75, 3.05) is 5.32 Å². The third kappa shape index (κ3) is 2.56. The Kier molecular flexibility index (Phi) is 3.01. The number of nitrogens with zero attached hydrogens (tertiary/aromatic N) is 2. The Morgan fingerprint density at radius 3 is 3.07 bits per heavy atom. The quantitative estimate of drug-likeness (QED) is 0.929. The summed E-state index contributed by atoms with van der Waals surface area (Å²) in [5.41, 5.74) is 1.95. The van der Waals surface area contributed by atoms with Crippen molar-refractivity contribution < 1.29 is 4.52 Å². The van der Waals surface area contributed by atoms with Crippen molar-refractivity contribution in [2.45, 2.75) is 13.5 Å². The van der Waals surface area contributed by atoms with E-state index in [9.17, 15) is 0 Å². The monoisotopic (exact) mass is 267 g/mol. The van der Waals surface area contributed by atoms with Crippen LogP contribution in [0, 0.1) is 6.92 Å². The van der Waals surface area contributed by atoms with Crippen LogP contribution in [0.5, 0.6) is 0 Å². The number of nitrogens with one attached hydrogen (secondary N) is 1. The summed E-state index contributed by atoms with van der Waals surface area (Å²) in [4.78, 5) is 4.26. The third-order valence-corrected chi connectivity index (χ3v) is 2.41. The Labute approximate surface area is 95.8 Å². The molecule has 0 aliphatic carbocycles. The standard InChI is InChI=1S/C10H10BrN3O/c1-7-4-8(11)5-12-10(7)13-6-9-2-3-15-14-9/h2-5H,6H2,1H3,(H,12,13). The number of rotatable bonds is 3. The Balaban J connectivity index is 2.05. The first kappa shape index (κ1) is 10.2. The van der Waals surface area contributed by atoms with Crippen LogP contribution in [-0.4, -0.2) is 10.1 Å². The van der Waals surface area contributed by atoms with Gasteiger partial charge in [-0.25, -0.2) is 4.98 Å². The van der Waals surface area contributed by atoms with Gasteiger partial charge in [0.05, 0.1) is 6.54 Å². The van der Waals surface area contributed by atoms with Gasteiger partial charge in [0.2, 0.25) is 0 Å². The molecule has 0 atom stereocenters. The van der Waals surface area contributed by atoms with E-state index in [4.69, 9.17) is 4.52 Å². The molecule has 78 valence electrons. The van der Waals surface area contributed by atoms with Crippen LogP contribution in [0.3, 0.4) is 0 Å². The summed E-state index contributed by atoms with van der Waals surface area (Å²) in [6, 6.07) is 3.83. The number of anilines is 1. The lowest BCUT2D eigenvalue weighted by Gasteiger charge is -2.06. The molecule has 4 nitrogen and oxygen atoms in total. The van der Waals surface area contributed by atoms with Crippen molar-refractivity contribution in [1.82, 2.24) is 10.1 Å². The van der Waals surface area contributed by atoms with Crippen LogP contribution in [0.1, 0.15) is 11.3 Å². The molecule has 0 saturated carbocycles. The number of hydrogen-bond donors (Lipinski definition) is 1. The number of halogens is 1. The highest BCUT2D eigenvalue weighted by Crippen LogP contribution is 2.17. The highest BCUT2D eigenvalue weighted by molar-refractivity contribution is 9.10. The molecule has 0 saturated heterocycles. The topological polar surface area (TPSA) is 51.0 Å². The molecule has 0 aliphatic heterocycles. The van der Waals surface area contributed by atoms with E-state index in [0.717, 1.165) is 21.5 Å². The van der Waals surface area contributed by atoms with Crippen LogP contribution in [0.2, 0.25) is 0 Å². The van der Waals surface area contributed by atoms with Gasteiger partial charge < -0.3 is 9.84 Å². The fourth-order valence-corrected chi connectivity index (χ4v) is 1.67. The van der Waals surface area contributed by atoms with Crippen molar-refractivity contribution in [2.24, 2.45) is 0 Å². The lowest BCUT2D eigenvalue weighted by molar-refractivity contribution is 0.412. The van der Waals surface area contributed by atoms with Crippen molar-refractivity contribution >= 4 is 21.7 Å². The number of aryl methyl sites for hydroxylation is 1. The van der Waals surface area contributed by atoms with E-state index in [1.807, 2.05) is 19.1 Å². The fraction of sp³-hybridized carbons (Fsp3) is 0.200. The molecule has 0 aliphatic rings. The summed E-state index contributed by atoms with van der Waals surface area (Å²) in [6.45, 7) is 2.62. The minimum atomic E-state index is 0.617. The Hall–Kier alpha value is -1.36. The van der Waals surface area contributed by atoms with Crippen molar-refractivity contribution in [1.29, 1.82) is 0 Å². The van der Waals surface area contributed by atoms with Gasteiger partial charge in [-0.15, -0.1) is 0 Å². The molecule has 0 aromatic carbocycles. The summed E-state index contributed by atoms with van der Waals surface area (Å²) in [6.07, 6.45) is 3.32. The molecule has 0 fully saturated rings. The molecule has 2 rings (SSSR count). The van der Waals surface area contributed by atoms with Crippen molar-refractivity contribution in [3.8, 4) is 0 Å². The maximum absolute atomic E-state index is 4.73. The maximum atomic E-state index is 4.73. The van der Waals surface area contributed by atoms with Crippen LogP contribution >= 0.6 is 15.9 Å². The van der Waals surface area contributed by atoms with Gasteiger partial charge in [0, 0.05) is 16.7 Å². The van der Waals surface area contributed by atoms with E-state index in [1.54, 1.807) is 12.5 Å². The molecule has 1 N–H and O–H groups in total. The SMILES string of the molecule is Cc1cc(Br)cnc1NCc1ccon1. The number of pyridine rings is 1. The normalized spacial score (nSPS) is 10.3. The summed E-state index contributed by atoms with van der Waals surface area (Å²) < 4.78 is 5.71. The number of hydrogen-bond acceptors (Lipinski definition) is 4. The average molecular weight is 268 g/mol. The maximum Gasteiger partial charge on any atom is 0.129 e. The van der Waals surface area contributed by atoms with Gasteiger partial charge in [-0.1, -0.05) is 5.16 Å². The molecule has 0 bridgehead atoms. The molecule has 15 heavy (non-hydrogen) atoms. The van der Waals surface area contributed by atoms with E-state index in [1.165, 1.54) is 0 Å². The average Bonchev–Trinajstić information content (AvgIpc) is 2.69. The summed E-state index contributed by atoms with van der Waals surface area (Å²) in [5.74, 6) is 0.862. The predicted molar refractivity (Wildman–Crippen MR) is 60.5 cm³/mol. The van der Waals surface area contributed by atoms with E-state index in [0.29, 0.717) is 6.54 Å². The largest absolute Gasteiger partial charge is 0.364 e. The zero-order valence-corrected chi connectivity index (χ0v) is 9.78. The number of aromatic nitrogens is 2. The second-order valence-electron chi connectivity index (χ2n) is 3.16. The minimum Gasteiger partial charge on any atom is -0.364 e. The minimum absolute atomic E-state index is 0.617. The van der Waals surface area contributed by atoms with Gasteiger partial charge in [0.1, 0.15) is 17.8 Å². The lowest BCUT2D eigenvalue weighted by atomic mass is 10.3. The van der Waals surface area contributed by atoms with Gasteiger partial charge in [0.15, 0.2) is 0 Å². The molecule has 0 radical (unpaired) electrons. The van der Waals surface area contributed by atoms with Gasteiger partial charge in [0.25, 0.3) is 0 Å². The molecule has 0 amide bonds. The van der Waals surface area contributed by atoms with Crippen LogP contribution in [-0.2, 0) is 6.54 Å². The van der Waals surface area contributed by atoms with Crippen LogP contribution in [0.25, 0.3) is 0 Å². The highest BCUT2D eigenvalue weighted by atomic mass is 79.9. The Bertz CT molecular complexity index is 442. The van der Waals surface area contributed by atoms with Gasteiger partial charge in [-0.3, -0.25) is 0 Å². The van der Waals surface area contributed by atoms with Crippen LogP contribution < -0.4 is 5.32 Å². The summed E-state index contributed by atoms with van der Waals surface area (Å²) >= 11 is 3.37. The van der Waals surface area contributed by atoms with Gasteiger partial charge in [-0.2, -0.15) is 0 Å². The molecule has 2 aromatic heterocycles. The molecule has 0 spiro atoms. The third-order valence-electron chi connectivity index (χ3n) is 1.97. The molecule has 5 heteroatoms. The van der Waals surface area contributed by atoms with Crippen molar-refractivity contribution in [3.05, 3.63) is 40.3 Å². The second kappa shape index (κ2) is 4.44. The lowest BCUT2D eigenvalue weighted by Crippen LogP contribution is -2.03. The zero-order valence-electron chi connectivity index (χ0n) is 8.20. The molecular weight excluding hydrogens is 258 g/mol. The summed E-state index contributed by atoms with van der Waals surface area (Å²) in [7, 11) is 0. The van der Waals surface area contributed by atoms with Crippen LogP contribution in [0.4, 0.5) is 5.82 Å². The zero-order chi connectivity index (χ0) is 10.7. The molecule has 0 unspecified atom stereocenters.